The number of anilines is 1. The minimum atomic E-state index is -0.758. The Kier molecular flexibility index (Phi) is 4.07. The number of carbonyl (C=O) groups excluding carboxylic acids is 1. The van der Waals surface area contributed by atoms with Crippen LogP contribution in [0.2, 0.25) is 0 Å². The second kappa shape index (κ2) is 6.19. The van der Waals surface area contributed by atoms with Crippen LogP contribution in [-0.2, 0) is 10.3 Å². The van der Waals surface area contributed by atoms with E-state index in [1.807, 2.05) is 18.2 Å². The molecule has 1 aromatic heterocycles. The monoisotopic (exact) mass is 327 g/mol. The van der Waals surface area contributed by atoms with Crippen LogP contribution in [0.5, 0.6) is 5.75 Å². The van der Waals surface area contributed by atoms with E-state index in [-0.39, 0.29) is 19.1 Å². The lowest BCUT2D eigenvalue weighted by Gasteiger charge is -2.38. The van der Waals surface area contributed by atoms with Crippen LogP contribution in [0, 0.1) is 0 Å². The number of fused-ring (bicyclic) bond motifs is 1. The van der Waals surface area contributed by atoms with Crippen molar-refractivity contribution in [2.24, 2.45) is 0 Å². The van der Waals surface area contributed by atoms with Crippen LogP contribution in [-0.4, -0.2) is 40.7 Å². The highest BCUT2D eigenvalue weighted by atomic mass is 16.5. The van der Waals surface area contributed by atoms with E-state index in [0.29, 0.717) is 17.1 Å². The van der Waals surface area contributed by atoms with Gasteiger partial charge in [0.25, 0.3) is 5.69 Å². The zero-order chi connectivity index (χ0) is 17.2. The number of rotatable bonds is 4. The summed E-state index contributed by atoms with van der Waals surface area (Å²) in [6.07, 6.45) is 1.69. The minimum absolute atomic E-state index is 0.146. The molecular formula is C17H19N4O3+. The lowest BCUT2D eigenvalue weighted by Crippen LogP contribution is -2.52. The molecule has 1 aromatic carbocycles. The van der Waals surface area contributed by atoms with Crippen molar-refractivity contribution in [3.8, 4) is 5.75 Å². The summed E-state index contributed by atoms with van der Waals surface area (Å²) in [6.45, 7) is 5.55. The lowest BCUT2D eigenvalue weighted by atomic mass is 9.92. The minimum Gasteiger partial charge on any atom is -0.488 e. The maximum atomic E-state index is 11.4. The predicted molar refractivity (Wildman–Crippen MR) is 89.0 cm³/mol. The molecule has 24 heavy (non-hydrogen) atoms. The maximum absolute atomic E-state index is 11.4. The lowest BCUT2D eigenvalue weighted by molar-refractivity contribution is -0.705. The number of nitrogens with one attached hydrogen (secondary N) is 2. The number of pyridine rings is 1. The van der Waals surface area contributed by atoms with Gasteiger partial charge in [0.05, 0.1) is 5.69 Å². The molecule has 7 heteroatoms. The molecule has 2 heterocycles. The van der Waals surface area contributed by atoms with Crippen molar-refractivity contribution >= 4 is 24.0 Å². The zero-order valence-corrected chi connectivity index (χ0v) is 13.3. The van der Waals surface area contributed by atoms with Gasteiger partial charge >= 0.3 is 0 Å². The van der Waals surface area contributed by atoms with Crippen LogP contribution in [0.3, 0.4) is 0 Å². The average molecular weight is 327 g/mol. The Morgan fingerprint density at radius 2 is 2.29 bits per heavy atom. The molecule has 1 unspecified atom stereocenters. The van der Waals surface area contributed by atoms with E-state index in [4.69, 9.17) is 4.74 Å². The van der Waals surface area contributed by atoms with Crippen LogP contribution in [0.4, 0.5) is 11.4 Å². The smallest absolute Gasteiger partial charge is 0.283 e. The number of para-hydroxylation sites is 1. The summed E-state index contributed by atoms with van der Waals surface area (Å²) in [6, 6.07) is 10.9. The zero-order valence-electron chi connectivity index (χ0n) is 13.3. The van der Waals surface area contributed by atoms with E-state index in [9.17, 15) is 10.0 Å². The molecule has 7 nitrogen and oxygen atoms in total. The molecule has 0 aliphatic carbocycles. The molecule has 0 fully saturated rings. The molecule has 1 atom stereocenters. The summed E-state index contributed by atoms with van der Waals surface area (Å²) in [7, 11) is 0. The first-order chi connectivity index (χ1) is 11.5. The summed E-state index contributed by atoms with van der Waals surface area (Å²) in [5.41, 5.74) is 1.03. The largest absolute Gasteiger partial charge is 0.488 e. The van der Waals surface area contributed by atoms with Gasteiger partial charge in [-0.1, -0.05) is 12.1 Å². The Hall–Kier alpha value is -3.09. The molecular weight excluding hydrogens is 308 g/mol. The molecule has 1 amide bonds. The number of ether oxygens (including phenoxy) is 1. The van der Waals surface area contributed by atoms with E-state index < -0.39 is 5.54 Å². The van der Waals surface area contributed by atoms with Crippen molar-refractivity contribution in [3.05, 3.63) is 48.3 Å². The molecule has 124 valence electrons. The summed E-state index contributed by atoms with van der Waals surface area (Å²) < 4.78 is 6.68. The molecule has 1 aliphatic rings. The highest BCUT2D eigenvalue weighted by Crippen LogP contribution is 2.41. The number of aromatic nitrogens is 1. The predicted octanol–water partition coefficient (Wildman–Crippen LogP) is 1.65. The quantitative estimate of drug-likeness (QED) is 0.344. The van der Waals surface area contributed by atoms with Crippen molar-refractivity contribution in [1.82, 2.24) is 10.3 Å². The van der Waals surface area contributed by atoms with Crippen molar-refractivity contribution in [2.75, 3.05) is 18.5 Å². The fraction of sp³-hybridized carbons (Fsp3) is 0.235. The van der Waals surface area contributed by atoms with E-state index in [1.54, 1.807) is 24.4 Å². The van der Waals surface area contributed by atoms with Gasteiger partial charge in [-0.05, 0) is 18.2 Å². The molecule has 3 N–H and O–H groups in total. The Morgan fingerprint density at radius 3 is 2.96 bits per heavy atom. The van der Waals surface area contributed by atoms with Gasteiger partial charge in [-0.3, -0.25) is 15.0 Å². The van der Waals surface area contributed by atoms with Crippen molar-refractivity contribution in [1.29, 1.82) is 0 Å². The van der Waals surface area contributed by atoms with Gasteiger partial charge in [0.2, 0.25) is 5.91 Å². The Bertz CT molecular complexity index is 779. The van der Waals surface area contributed by atoms with E-state index in [1.165, 1.54) is 6.92 Å². The Labute approximate surface area is 139 Å². The van der Waals surface area contributed by atoms with Crippen LogP contribution in [0.1, 0.15) is 12.6 Å². The molecule has 0 spiro atoms. The first-order valence-electron chi connectivity index (χ1n) is 7.51. The summed E-state index contributed by atoms with van der Waals surface area (Å²) in [5, 5.41) is 16.0. The van der Waals surface area contributed by atoms with Crippen molar-refractivity contribution in [3.63, 3.8) is 0 Å². The first-order valence-corrected chi connectivity index (χ1v) is 7.51. The summed E-state index contributed by atoms with van der Waals surface area (Å²) in [5.74, 6) is 0.455. The number of hydrogen-bond acceptors (Lipinski definition) is 5. The Morgan fingerprint density at radius 1 is 1.46 bits per heavy atom. The van der Waals surface area contributed by atoms with Crippen LogP contribution >= 0.6 is 0 Å². The molecule has 3 rings (SSSR count). The number of amides is 1. The fourth-order valence-electron chi connectivity index (χ4n) is 2.70. The Balaban J connectivity index is 2.06. The summed E-state index contributed by atoms with van der Waals surface area (Å²) in [4.78, 5) is 15.8. The first kappa shape index (κ1) is 15.8. The second-order valence-electron chi connectivity index (χ2n) is 5.67. The van der Waals surface area contributed by atoms with Gasteiger partial charge in [0, 0.05) is 30.5 Å². The van der Waals surface area contributed by atoms with Gasteiger partial charge in [-0.15, -0.1) is 0 Å². The van der Waals surface area contributed by atoms with Gasteiger partial charge in [-0.2, -0.15) is 0 Å². The second-order valence-corrected chi connectivity index (χ2v) is 5.67. The van der Waals surface area contributed by atoms with E-state index in [2.05, 4.69) is 22.3 Å². The maximum Gasteiger partial charge on any atom is 0.283 e. The van der Waals surface area contributed by atoms with Crippen LogP contribution in [0.25, 0.3) is 0 Å². The molecule has 2 aromatic rings. The third kappa shape index (κ3) is 2.88. The molecule has 0 saturated heterocycles. The fourth-order valence-corrected chi connectivity index (χ4v) is 2.70. The number of carbonyl (C=O) groups is 1. The number of nitrogens with zero attached hydrogens (tertiary/aromatic N) is 2. The summed E-state index contributed by atoms with van der Waals surface area (Å²) >= 11 is 0. The van der Waals surface area contributed by atoms with Gasteiger partial charge in [0.15, 0.2) is 12.4 Å². The standard InChI is InChI=1S/C17H18N4O3/c1-12(22)19-10-17(15-8-3-4-9-18-15)11-24-14-7-5-6-13(21(2)23)16(14)20-17/h3-9,20H,2,10-11H2,1H3,(H-,19,22,23)/p+1. The van der Waals surface area contributed by atoms with Crippen molar-refractivity contribution in [2.45, 2.75) is 12.5 Å². The number of benzene rings is 1. The molecule has 0 saturated carbocycles. The SMILES string of the molecule is C=[N+](O)c1cccc2c1NC(CNC(C)=O)(c1ccccn1)CO2. The number of hydrogen-bond donors (Lipinski definition) is 3. The van der Waals surface area contributed by atoms with Crippen LogP contribution in [0.15, 0.2) is 42.6 Å². The average Bonchev–Trinajstić information content (AvgIpc) is 2.60. The highest BCUT2D eigenvalue weighted by Gasteiger charge is 2.41. The third-order valence-corrected chi connectivity index (χ3v) is 3.91. The highest BCUT2D eigenvalue weighted by molar-refractivity contribution is 5.75. The van der Waals surface area contributed by atoms with Crippen molar-refractivity contribution < 1.29 is 19.5 Å². The molecule has 1 aliphatic heterocycles. The van der Waals surface area contributed by atoms with E-state index >= 15 is 0 Å². The topological polar surface area (TPSA) is 86.5 Å². The third-order valence-electron chi connectivity index (χ3n) is 3.91. The normalized spacial score (nSPS) is 18.7. The van der Waals surface area contributed by atoms with E-state index in [0.717, 1.165) is 10.4 Å². The van der Waals surface area contributed by atoms with Gasteiger partial charge in [0.1, 0.15) is 17.9 Å². The van der Waals surface area contributed by atoms with Gasteiger partial charge in [-0.25, -0.2) is 0 Å². The van der Waals surface area contributed by atoms with Crippen LogP contribution < -0.4 is 15.4 Å². The molecule has 0 bridgehead atoms. The van der Waals surface area contributed by atoms with Gasteiger partial charge < -0.3 is 15.4 Å². The molecule has 0 radical (unpaired) electrons.